The van der Waals surface area contributed by atoms with Gasteiger partial charge in [0.15, 0.2) is 17.5 Å². The highest BCUT2D eigenvalue weighted by atomic mass is 16.7. The molecule has 3 heterocycles. The molecule has 162 valence electrons. The zero-order valence-electron chi connectivity index (χ0n) is 18.0. The number of aromatic nitrogens is 2. The number of guanidine groups is 1. The molecule has 0 aliphatic carbocycles. The van der Waals surface area contributed by atoms with Crippen LogP contribution in [0.15, 0.2) is 41.7 Å². The minimum absolute atomic E-state index is 0.324. The maximum Gasteiger partial charge on any atom is 0.231 e. The molecule has 1 aromatic heterocycles. The number of benzene rings is 1. The zero-order valence-corrected chi connectivity index (χ0v) is 18.0. The molecular weight excluding hydrogens is 380 g/mol. The third-order valence-corrected chi connectivity index (χ3v) is 5.46. The lowest BCUT2D eigenvalue weighted by molar-refractivity contribution is 0.171. The second kappa shape index (κ2) is 9.84. The molecule has 1 unspecified atom stereocenters. The van der Waals surface area contributed by atoms with Gasteiger partial charge in [-0.05, 0) is 36.6 Å². The Morgan fingerprint density at radius 3 is 2.80 bits per heavy atom. The molecule has 2 aliphatic heterocycles. The number of nitrogens with one attached hydrogen (secondary N) is 1. The van der Waals surface area contributed by atoms with Crippen LogP contribution in [-0.2, 0) is 13.1 Å². The van der Waals surface area contributed by atoms with E-state index in [1.807, 2.05) is 29.2 Å². The number of fused-ring (bicyclic) bond motifs is 1. The van der Waals surface area contributed by atoms with Gasteiger partial charge in [-0.1, -0.05) is 13.0 Å². The van der Waals surface area contributed by atoms with Crippen LogP contribution in [0, 0.1) is 5.92 Å². The first kappa shape index (κ1) is 20.5. The average molecular weight is 413 g/mol. The Morgan fingerprint density at radius 2 is 2.03 bits per heavy atom. The van der Waals surface area contributed by atoms with Gasteiger partial charge in [0.2, 0.25) is 6.79 Å². The topological polar surface area (TPSA) is 67.2 Å². The SMILES string of the molecule is CCNC(=NCC(C)Cn1cccn1)N1CCN(Cc2ccc3c(c2)OCO3)CC1. The molecule has 0 amide bonds. The summed E-state index contributed by atoms with van der Waals surface area (Å²) in [4.78, 5) is 9.77. The van der Waals surface area contributed by atoms with Crippen molar-refractivity contribution in [2.24, 2.45) is 10.9 Å². The average Bonchev–Trinajstić information content (AvgIpc) is 3.43. The first-order valence-electron chi connectivity index (χ1n) is 10.8. The van der Waals surface area contributed by atoms with Crippen molar-refractivity contribution >= 4 is 5.96 Å². The van der Waals surface area contributed by atoms with Gasteiger partial charge in [0.25, 0.3) is 0 Å². The molecule has 0 saturated carbocycles. The highest BCUT2D eigenvalue weighted by molar-refractivity contribution is 5.80. The van der Waals surface area contributed by atoms with Gasteiger partial charge in [0.1, 0.15) is 0 Å². The normalized spacial score (nSPS) is 17.9. The number of hydrogen-bond donors (Lipinski definition) is 1. The second-order valence-corrected chi connectivity index (χ2v) is 7.98. The minimum Gasteiger partial charge on any atom is -0.454 e. The highest BCUT2D eigenvalue weighted by Crippen LogP contribution is 2.32. The summed E-state index contributed by atoms with van der Waals surface area (Å²) in [5, 5.41) is 7.76. The van der Waals surface area contributed by atoms with Crippen molar-refractivity contribution in [2.45, 2.75) is 26.9 Å². The fraction of sp³-hybridized carbons (Fsp3) is 0.545. The van der Waals surface area contributed by atoms with Crippen LogP contribution >= 0.6 is 0 Å². The summed E-state index contributed by atoms with van der Waals surface area (Å²) in [7, 11) is 0. The van der Waals surface area contributed by atoms with E-state index in [1.165, 1.54) is 5.56 Å². The Hall–Kier alpha value is -2.74. The number of piperazine rings is 1. The van der Waals surface area contributed by atoms with Gasteiger partial charge in [-0.15, -0.1) is 0 Å². The fourth-order valence-electron chi connectivity index (χ4n) is 3.87. The van der Waals surface area contributed by atoms with Gasteiger partial charge in [-0.2, -0.15) is 5.10 Å². The molecular formula is C22H32N6O2. The number of ether oxygens (including phenoxy) is 2. The van der Waals surface area contributed by atoms with Crippen molar-refractivity contribution in [3.63, 3.8) is 0 Å². The maximum atomic E-state index is 5.50. The third kappa shape index (κ3) is 5.24. The van der Waals surface area contributed by atoms with Gasteiger partial charge in [-0.25, -0.2) is 0 Å². The summed E-state index contributed by atoms with van der Waals surface area (Å²) in [6.45, 7) is 12.1. The molecule has 8 nitrogen and oxygen atoms in total. The molecule has 1 saturated heterocycles. The minimum atomic E-state index is 0.324. The predicted octanol–water partition coefficient (Wildman–Crippen LogP) is 2.03. The first-order valence-corrected chi connectivity index (χ1v) is 10.8. The molecule has 8 heteroatoms. The molecule has 0 bridgehead atoms. The Bertz CT molecular complexity index is 830. The van der Waals surface area contributed by atoms with Crippen LogP contribution in [0.1, 0.15) is 19.4 Å². The smallest absolute Gasteiger partial charge is 0.231 e. The Kier molecular flexibility index (Phi) is 6.74. The van der Waals surface area contributed by atoms with Crippen molar-refractivity contribution in [1.29, 1.82) is 0 Å². The van der Waals surface area contributed by atoms with Gasteiger partial charge in [0.05, 0.1) is 0 Å². The van der Waals surface area contributed by atoms with E-state index >= 15 is 0 Å². The summed E-state index contributed by atoms with van der Waals surface area (Å²) < 4.78 is 12.9. The van der Waals surface area contributed by atoms with Crippen molar-refractivity contribution in [2.75, 3.05) is 46.1 Å². The second-order valence-electron chi connectivity index (χ2n) is 7.98. The summed E-state index contributed by atoms with van der Waals surface area (Å²) >= 11 is 0. The molecule has 0 radical (unpaired) electrons. The Balaban J connectivity index is 1.28. The lowest BCUT2D eigenvalue weighted by atomic mass is 10.1. The standard InChI is InChI=1S/C22H32N6O2/c1-3-23-22(24-14-18(2)15-28-8-4-7-25-28)27-11-9-26(10-12-27)16-19-5-6-20-21(13-19)30-17-29-20/h4-8,13,18H,3,9-12,14-17H2,1-2H3,(H,23,24). The van der Waals surface area contributed by atoms with E-state index in [9.17, 15) is 0 Å². The largest absolute Gasteiger partial charge is 0.454 e. The molecule has 1 aromatic carbocycles. The van der Waals surface area contributed by atoms with Crippen LogP contribution in [-0.4, -0.2) is 71.6 Å². The number of aliphatic imine (C=N–C) groups is 1. The first-order chi connectivity index (χ1) is 14.7. The molecule has 2 aromatic rings. The molecule has 1 atom stereocenters. The van der Waals surface area contributed by atoms with Crippen LogP contribution in [0.5, 0.6) is 11.5 Å². The molecule has 4 rings (SSSR count). The van der Waals surface area contributed by atoms with Crippen LogP contribution in [0.2, 0.25) is 0 Å². The Labute approximate surface area is 178 Å². The van der Waals surface area contributed by atoms with E-state index in [-0.39, 0.29) is 0 Å². The van der Waals surface area contributed by atoms with Gasteiger partial charge >= 0.3 is 0 Å². The van der Waals surface area contributed by atoms with Crippen molar-refractivity contribution in [3.05, 3.63) is 42.2 Å². The lowest BCUT2D eigenvalue weighted by Gasteiger charge is -2.36. The highest BCUT2D eigenvalue weighted by Gasteiger charge is 2.21. The molecule has 1 fully saturated rings. The van der Waals surface area contributed by atoms with E-state index < -0.39 is 0 Å². The van der Waals surface area contributed by atoms with Crippen LogP contribution in [0.4, 0.5) is 0 Å². The van der Waals surface area contributed by atoms with E-state index in [1.54, 1.807) is 0 Å². The van der Waals surface area contributed by atoms with E-state index in [2.05, 4.69) is 46.2 Å². The molecule has 0 spiro atoms. The van der Waals surface area contributed by atoms with E-state index in [0.717, 1.165) is 69.8 Å². The predicted molar refractivity (Wildman–Crippen MR) is 117 cm³/mol. The number of hydrogen-bond acceptors (Lipinski definition) is 5. The monoisotopic (exact) mass is 412 g/mol. The van der Waals surface area contributed by atoms with Gasteiger partial charge < -0.3 is 19.7 Å². The van der Waals surface area contributed by atoms with Crippen molar-refractivity contribution in [1.82, 2.24) is 24.9 Å². The summed E-state index contributed by atoms with van der Waals surface area (Å²) in [5.41, 5.74) is 1.26. The van der Waals surface area contributed by atoms with Crippen molar-refractivity contribution in [3.8, 4) is 11.5 Å². The quantitative estimate of drug-likeness (QED) is 0.555. The molecule has 2 aliphatic rings. The Morgan fingerprint density at radius 1 is 1.20 bits per heavy atom. The van der Waals surface area contributed by atoms with Crippen molar-refractivity contribution < 1.29 is 9.47 Å². The van der Waals surface area contributed by atoms with Gasteiger partial charge in [0, 0.05) is 64.8 Å². The van der Waals surface area contributed by atoms with Gasteiger partial charge in [-0.3, -0.25) is 14.6 Å². The van der Waals surface area contributed by atoms with Crippen LogP contribution in [0.25, 0.3) is 0 Å². The number of rotatable bonds is 7. The summed E-state index contributed by atoms with van der Waals surface area (Å²) in [6, 6.07) is 8.20. The summed E-state index contributed by atoms with van der Waals surface area (Å²) in [5.74, 6) is 3.16. The van der Waals surface area contributed by atoms with E-state index in [4.69, 9.17) is 14.5 Å². The summed E-state index contributed by atoms with van der Waals surface area (Å²) in [6.07, 6.45) is 3.83. The fourth-order valence-corrected chi connectivity index (χ4v) is 3.87. The number of nitrogens with zero attached hydrogens (tertiary/aromatic N) is 5. The van der Waals surface area contributed by atoms with E-state index in [0.29, 0.717) is 12.7 Å². The third-order valence-electron chi connectivity index (χ3n) is 5.46. The van der Waals surface area contributed by atoms with Crippen LogP contribution in [0.3, 0.4) is 0 Å². The zero-order chi connectivity index (χ0) is 20.8. The molecule has 1 N–H and O–H groups in total. The van der Waals surface area contributed by atoms with Crippen LogP contribution < -0.4 is 14.8 Å². The lowest BCUT2D eigenvalue weighted by Crippen LogP contribution is -2.52. The molecule has 30 heavy (non-hydrogen) atoms. The maximum absolute atomic E-state index is 5.50.